The molecule has 0 spiro atoms. The normalized spacial score (nSPS) is 22.0. The minimum absolute atomic E-state index is 0.421. The number of phenols is 7. The zero-order valence-electron chi connectivity index (χ0n) is 22.0. The van der Waals surface area contributed by atoms with E-state index in [4.69, 9.17) is 18.3 Å². The summed E-state index contributed by atoms with van der Waals surface area (Å²) in [6.45, 7) is -0.962. The number of aliphatic hydroxyl groups is 4. The van der Waals surface area contributed by atoms with E-state index in [1.807, 2.05) is 0 Å². The number of aromatic hydroxyl groups is 7. The summed E-state index contributed by atoms with van der Waals surface area (Å²) in [5, 5.41) is 111. The lowest BCUT2D eigenvalue weighted by Gasteiger charge is -2.39. The number of carbonyl (C=O) groups is 1. The highest BCUT2D eigenvalue weighted by molar-refractivity contribution is 6.26. The third-order valence-corrected chi connectivity index (χ3v) is 7.51. The Labute approximate surface area is 245 Å². The van der Waals surface area contributed by atoms with E-state index in [9.17, 15) is 70.6 Å². The largest absolute Gasteiger partial charge is 0.504 e. The quantitative estimate of drug-likeness (QED) is 0.0492. The van der Waals surface area contributed by atoms with Crippen molar-refractivity contribution in [3.05, 3.63) is 38.5 Å². The summed E-state index contributed by atoms with van der Waals surface area (Å²) < 4.78 is 20.3. The first-order valence-corrected chi connectivity index (χ1v) is 12.6. The molecule has 3 aromatic carbocycles. The van der Waals surface area contributed by atoms with Crippen LogP contribution in [0.4, 0.5) is 0 Å². The zero-order valence-corrected chi connectivity index (χ0v) is 22.0. The molecule has 0 radical (unpaired) electrons. The molecule has 1 saturated heterocycles. The number of aliphatic hydroxyl groups excluding tert-OH is 4. The maximum absolute atomic E-state index is 13.5. The molecule has 1 aliphatic rings. The van der Waals surface area contributed by atoms with Gasteiger partial charge < -0.3 is 74.5 Å². The van der Waals surface area contributed by atoms with Crippen LogP contribution in [-0.4, -0.2) is 99.5 Å². The first-order valence-electron chi connectivity index (χ1n) is 12.6. The lowest BCUT2D eigenvalue weighted by molar-refractivity contribution is -0.285. The van der Waals surface area contributed by atoms with Crippen molar-refractivity contribution in [1.29, 1.82) is 0 Å². The molecule has 0 saturated carbocycles. The Morgan fingerprint density at radius 2 is 1.31 bits per heavy atom. The topological polar surface area (TPSA) is 318 Å². The summed E-state index contributed by atoms with van der Waals surface area (Å²) in [5.74, 6) is -9.97. The molecular formula is C27H20O18. The van der Waals surface area contributed by atoms with Gasteiger partial charge >= 0.3 is 17.2 Å². The highest BCUT2D eigenvalue weighted by atomic mass is 16.7. The van der Waals surface area contributed by atoms with Gasteiger partial charge in [-0.3, -0.25) is 0 Å². The van der Waals surface area contributed by atoms with Crippen LogP contribution in [0.15, 0.2) is 30.6 Å². The average Bonchev–Trinajstić information content (AvgIpc) is 3.00. The van der Waals surface area contributed by atoms with Gasteiger partial charge in [0, 0.05) is 21.9 Å². The Morgan fingerprint density at radius 1 is 0.711 bits per heavy atom. The minimum Gasteiger partial charge on any atom is -0.504 e. The average molecular weight is 632 g/mol. The van der Waals surface area contributed by atoms with Crippen LogP contribution in [0.3, 0.4) is 0 Å². The van der Waals surface area contributed by atoms with Crippen molar-refractivity contribution in [1.82, 2.24) is 0 Å². The third kappa shape index (κ3) is 4.05. The summed E-state index contributed by atoms with van der Waals surface area (Å²) in [6, 6.07) is 1.24. The van der Waals surface area contributed by atoms with Crippen LogP contribution in [0.25, 0.3) is 43.8 Å². The number of carbonyl (C=O) groups excluding carboxylic acids is 1. The van der Waals surface area contributed by atoms with Crippen molar-refractivity contribution in [2.24, 2.45) is 0 Å². The molecule has 3 heterocycles. The second-order valence-corrected chi connectivity index (χ2v) is 10.0. The molecule has 5 unspecified atom stereocenters. The van der Waals surface area contributed by atoms with Crippen LogP contribution in [-0.2, 0) is 9.47 Å². The van der Waals surface area contributed by atoms with E-state index >= 15 is 0 Å². The first kappa shape index (κ1) is 29.5. The van der Waals surface area contributed by atoms with E-state index in [0.29, 0.717) is 6.07 Å². The Balaban J connectivity index is 1.69. The molecule has 1 fully saturated rings. The molecule has 18 nitrogen and oxygen atoms in total. The van der Waals surface area contributed by atoms with Crippen LogP contribution < -0.4 is 11.3 Å². The van der Waals surface area contributed by atoms with Crippen molar-refractivity contribution in [3.63, 3.8) is 0 Å². The fraction of sp³-hybridized carbons (Fsp3) is 0.222. The van der Waals surface area contributed by atoms with Gasteiger partial charge in [0.25, 0.3) is 0 Å². The van der Waals surface area contributed by atoms with Crippen LogP contribution >= 0.6 is 0 Å². The summed E-state index contributed by atoms with van der Waals surface area (Å²) in [4.78, 5) is 39.6. The Hall–Kier alpha value is -5.53. The number of phenolic OH excluding ortho intramolecular Hbond substituents is 7. The van der Waals surface area contributed by atoms with E-state index in [1.165, 1.54) is 0 Å². The van der Waals surface area contributed by atoms with Crippen molar-refractivity contribution in [2.45, 2.75) is 30.7 Å². The molecule has 5 atom stereocenters. The number of esters is 1. The lowest BCUT2D eigenvalue weighted by Crippen LogP contribution is -2.59. The van der Waals surface area contributed by atoms with Crippen molar-refractivity contribution in [2.75, 3.05) is 6.61 Å². The predicted octanol–water partition coefficient (Wildman–Crippen LogP) is -0.947. The van der Waals surface area contributed by atoms with Gasteiger partial charge in [-0.1, -0.05) is 0 Å². The second-order valence-electron chi connectivity index (χ2n) is 10.0. The van der Waals surface area contributed by atoms with Gasteiger partial charge in [0.2, 0.25) is 17.2 Å². The van der Waals surface area contributed by atoms with Crippen LogP contribution in [0, 0.1) is 0 Å². The van der Waals surface area contributed by atoms with Gasteiger partial charge in [0.05, 0.1) is 22.9 Å². The molecule has 6 rings (SSSR count). The standard InChI is InChI=1S/C27H20O18/c28-3-8-21(19(36)20(37)27(41)42-8)43-24(38)4-1-6(29)14(31)16(33)9(4)11-13-12-10-5(25(39)44-23(12)18(35)17(11)34)2-7(30)15(32)22(10)45-26(13)40/h1-2,8,19-21,27-37,41H,3H2. The lowest BCUT2D eigenvalue weighted by atomic mass is 9.90. The van der Waals surface area contributed by atoms with Gasteiger partial charge in [0.15, 0.2) is 46.6 Å². The summed E-state index contributed by atoms with van der Waals surface area (Å²) >= 11 is 0. The Morgan fingerprint density at radius 3 is 1.98 bits per heavy atom. The summed E-state index contributed by atoms with van der Waals surface area (Å²) in [6.07, 6.45) is -9.65. The molecule has 18 heteroatoms. The molecule has 0 amide bonds. The van der Waals surface area contributed by atoms with Crippen LogP contribution in [0.5, 0.6) is 40.2 Å². The van der Waals surface area contributed by atoms with E-state index in [0.717, 1.165) is 6.07 Å². The second kappa shape index (κ2) is 10.0. The number of hydrogen-bond donors (Lipinski definition) is 11. The van der Waals surface area contributed by atoms with Crippen molar-refractivity contribution >= 4 is 38.7 Å². The molecule has 2 aromatic heterocycles. The molecule has 1 aliphatic heterocycles. The number of hydrogen-bond acceptors (Lipinski definition) is 18. The minimum atomic E-state index is -2.07. The zero-order chi connectivity index (χ0) is 32.8. The van der Waals surface area contributed by atoms with Crippen molar-refractivity contribution < 1.29 is 79.3 Å². The summed E-state index contributed by atoms with van der Waals surface area (Å²) in [5.41, 5.74) is -7.24. The van der Waals surface area contributed by atoms with Crippen LogP contribution in [0.2, 0.25) is 0 Å². The van der Waals surface area contributed by atoms with E-state index < -0.39 is 144 Å². The van der Waals surface area contributed by atoms with Gasteiger partial charge in [-0.25, -0.2) is 14.4 Å². The fourth-order valence-electron chi connectivity index (χ4n) is 5.38. The van der Waals surface area contributed by atoms with Gasteiger partial charge in [-0.15, -0.1) is 0 Å². The van der Waals surface area contributed by atoms with Gasteiger partial charge in [0.1, 0.15) is 18.3 Å². The number of ether oxygens (including phenoxy) is 2. The van der Waals surface area contributed by atoms with E-state index in [2.05, 4.69) is 0 Å². The number of benzene rings is 3. The monoisotopic (exact) mass is 632 g/mol. The Kier molecular flexibility index (Phi) is 6.57. The SMILES string of the molecule is O=C(OC1C(CO)OC(O)C(O)C1O)c1cc(O)c(O)c(O)c1-c1c(O)c(O)c2oc(=O)c3cc(O)c(O)c4oc(=O)c1c2c43. The highest BCUT2D eigenvalue weighted by Gasteiger charge is 2.46. The van der Waals surface area contributed by atoms with Gasteiger partial charge in [-0.2, -0.15) is 0 Å². The summed E-state index contributed by atoms with van der Waals surface area (Å²) in [7, 11) is 0. The number of rotatable bonds is 4. The van der Waals surface area contributed by atoms with E-state index in [1.54, 1.807) is 0 Å². The molecule has 0 bridgehead atoms. The maximum Gasteiger partial charge on any atom is 0.345 e. The van der Waals surface area contributed by atoms with E-state index in [-0.39, 0.29) is 0 Å². The molecule has 11 N–H and O–H groups in total. The molecule has 45 heavy (non-hydrogen) atoms. The van der Waals surface area contributed by atoms with Gasteiger partial charge in [-0.05, 0) is 12.1 Å². The smallest absolute Gasteiger partial charge is 0.345 e. The predicted molar refractivity (Wildman–Crippen MR) is 143 cm³/mol. The first-order chi connectivity index (χ1) is 21.2. The molecule has 236 valence electrons. The molecular weight excluding hydrogens is 612 g/mol. The van der Waals surface area contributed by atoms with Crippen LogP contribution in [0.1, 0.15) is 10.4 Å². The Bertz CT molecular complexity index is 2160. The van der Waals surface area contributed by atoms with Crippen molar-refractivity contribution in [3.8, 4) is 51.4 Å². The molecule has 5 aromatic rings. The fourth-order valence-corrected chi connectivity index (χ4v) is 5.38. The maximum atomic E-state index is 13.5. The third-order valence-electron chi connectivity index (χ3n) is 7.51. The highest BCUT2D eigenvalue weighted by Crippen LogP contribution is 2.54. The molecule has 0 aliphatic carbocycles.